The summed E-state index contributed by atoms with van der Waals surface area (Å²) < 4.78 is 37.6. The number of hydrogen-bond donors (Lipinski definition) is 2. The summed E-state index contributed by atoms with van der Waals surface area (Å²) in [5.74, 6) is 0.0875. The minimum atomic E-state index is -4.41. The average Bonchev–Trinajstić information content (AvgIpc) is 2.63. The third-order valence-corrected chi connectivity index (χ3v) is 4.31. The smallest absolute Gasteiger partial charge is 0.366 e. The third-order valence-electron chi connectivity index (χ3n) is 4.31. The summed E-state index contributed by atoms with van der Waals surface area (Å²) in [6.45, 7) is 0. The minimum Gasteiger partial charge on any atom is -0.366 e. The Labute approximate surface area is 149 Å². The lowest BCUT2D eigenvalue weighted by molar-refractivity contribution is -0.137. The molecule has 0 unspecified atom stereocenters. The van der Waals surface area contributed by atoms with Crippen LogP contribution in [0.15, 0.2) is 36.7 Å². The highest BCUT2D eigenvalue weighted by Gasteiger charge is 2.30. The number of anilines is 2. The molecule has 1 saturated carbocycles. The maximum atomic E-state index is 12.5. The molecular weight excluding hydrogens is 345 g/mol. The number of benzene rings is 1. The van der Waals surface area contributed by atoms with Gasteiger partial charge in [-0.25, -0.2) is 9.97 Å². The Morgan fingerprint density at radius 1 is 1.00 bits per heavy atom. The van der Waals surface area contributed by atoms with Crippen LogP contribution in [0.25, 0.3) is 0 Å². The number of carbonyl (C=O) groups excluding carboxylic acids is 1. The monoisotopic (exact) mass is 364 g/mol. The molecule has 1 fully saturated rings. The van der Waals surface area contributed by atoms with Crippen molar-refractivity contribution in [2.45, 2.75) is 44.3 Å². The standard InChI is InChI=1S/C18H19F3N4O/c19-18(20,21)12-6-8-14(9-7-12)25-17(26)15-10-23-16(11-22-15)24-13-4-2-1-3-5-13/h6-11,13H,1-5H2,(H,23,24)(H,25,26). The zero-order valence-electron chi connectivity index (χ0n) is 14.0. The maximum Gasteiger partial charge on any atom is 0.416 e. The van der Waals surface area contributed by atoms with E-state index in [1.165, 1.54) is 43.8 Å². The Morgan fingerprint density at radius 3 is 2.27 bits per heavy atom. The van der Waals surface area contributed by atoms with E-state index >= 15 is 0 Å². The first-order valence-electron chi connectivity index (χ1n) is 8.49. The quantitative estimate of drug-likeness (QED) is 0.839. The molecule has 26 heavy (non-hydrogen) atoms. The number of aromatic nitrogens is 2. The molecule has 1 aromatic heterocycles. The van der Waals surface area contributed by atoms with E-state index in [9.17, 15) is 18.0 Å². The first-order valence-corrected chi connectivity index (χ1v) is 8.49. The highest BCUT2D eigenvalue weighted by molar-refractivity contribution is 6.02. The predicted molar refractivity (Wildman–Crippen MR) is 91.9 cm³/mol. The van der Waals surface area contributed by atoms with Crippen molar-refractivity contribution in [3.05, 3.63) is 47.9 Å². The average molecular weight is 364 g/mol. The molecule has 0 bridgehead atoms. The molecule has 0 spiro atoms. The molecule has 3 rings (SSSR count). The second kappa shape index (κ2) is 7.72. The van der Waals surface area contributed by atoms with Gasteiger partial charge < -0.3 is 10.6 Å². The van der Waals surface area contributed by atoms with Crippen molar-refractivity contribution in [1.29, 1.82) is 0 Å². The van der Waals surface area contributed by atoms with Gasteiger partial charge in [0, 0.05) is 11.7 Å². The Hall–Kier alpha value is -2.64. The Balaban J connectivity index is 1.59. The summed E-state index contributed by atoms with van der Waals surface area (Å²) in [7, 11) is 0. The SMILES string of the molecule is O=C(Nc1ccc(C(F)(F)F)cc1)c1cnc(NC2CCCCC2)cn1. The zero-order valence-corrected chi connectivity index (χ0v) is 14.0. The van der Waals surface area contributed by atoms with Crippen LogP contribution in [0.3, 0.4) is 0 Å². The van der Waals surface area contributed by atoms with Crippen LogP contribution in [0.4, 0.5) is 24.7 Å². The molecule has 0 atom stereocenters. The molecule has 1 aliphatic carbocycles. The van der Waals surface area contributed by atoms with Gasteiger partial charge in [0.2, 0.25) is 0 Å². The van der Waals surface area contributed by atoms with Crippen molar-refractivity contribution in [2.24, 2.45) is 0 Å². The second-order valence-electron chi connectivity index (χ2n) is 6.30. The first kappa shape index (κ1) is 18.2. The Morgan fingerprint density at radius 2 is 1.69 bits per heavy atom. The van der Waals surface area contributed by atoms with E-state index in [2.05, 4.69) is 20.6 Å². The van der Waals surface area contributed by atoms with Crippen LogP contribution in [0.2, 0.25) is 0 Å². The molecular formula is C18H19F3N4O. The van der Waals surface area contributed by atoms with Crippen LogP contribution >= 0.6 is 0 Å². The summed E-state index contributed by atoms with van der Waals surface area (Å²) in [4.78, 5) is 20.4. The van der Waals surface area contributed by atoms with E-state index in [1.807, 2.05) is 0 Å². The number of rotatable bonds is 4. The molecule has 0 radical (unpaired) electrons. The molecule has 8 heteroatoms. The third kappa shape index (κ3) is 4.71. The summed E-state index contributed by atoms with van der Waals surface area (Å²) in [5.41, 5.74) is -0.415. The Kier molecular flexibility index (Phi) is 5.39. The molecule has 0 saturated heterocycles. The molecule has 1 amide bonds. The summed E-state index contributed by atoms with van der Waals surface area (Å²) in [6.07, 6.45) is 4.27. The number of amides is 1. The van der Waals surface area contributed by atoms with Crippen LogP contribution in [-0.4, -0.2) is 21.9 Å². The number of carbonyl (C=O) groups is 1. The van der Waals surface area contributed by atoms with Gasteiger partial charge in [-0.05, 0) is 37.1 Å². The molecule has 1 aromatic carbocycles. The first-order chi connectivity index (χ1) is 12.4. The number of nitrogens with one attached hydrogen (secondary N) is 2. The summed E-state index contributed by atoms with van der Waals surface area (Å²) in [6, 6.07) is 4.61. The molecule has 138 valence electrons. The van der Waals surface area contributed by atoms with Crippen molar-refractivity contribution in [3.63, 3.8) is 0 Å². The predicted octanol–water partition coefficient (Wildman–Crippen LogP) is 4.49. The molecule has 1 heterocycles. The van der Waals surface area contributed by atoms with Gasteiger partial charge in [0.15, 0.2) is 0 Å². The van der Waals surface area contributed by atoms with Crippen molar-refractivity contribution >= 4 is 17.4 Å². The number of hydrogen-bond acceptors (Lipinski definition) is 4. The van der Waals surface area contributed by atoms with Crippen molar-refractivity contribution in [3.8, 4) is 0 Å². The van der Waals surface area contributed by atoms with Crippen molar-refractivity contribution in [1.82, 2.24) is 9.97 Å². The van der Waals surface area contributed by atoms with Gasteiger partial charge in [0.05, 0.1) is 18.0 Å². The molecule has 2 aromatic rings. The van der Waals surface area contributed by atoms with Gasteiger partial charge in [-0.2, -0.15) is 13.2 Å². The fourth-order valence-corrected chi connectivity index (χ4v) is 2.91. The van der Waals surface area contributed by atoms with Crippen LogP contribution in [0.1, 0.15) is 48.2 Å². The van der Waals surface area contributed by atoms with Gasteiger partial charge in [0.1, 0.15) is 11.5 Å². The van der Waals surface area contributed by atoms with Gasteiger partial charge in [-0.1, -0.05) is 19.3 Å². The lowest BCUT2D eigenvalue weighted by atomic mass is 9.96. The fourth-order valence-electron chi connectivity index (χ4n) is 2.91. The van der Waals surface area contributed by atoms with Gasteiger partial charge in [0.25, 0.3) is 5.91 Å². The zero-order chi connectivity index (χ0) is 18.6. The van der Waals surface area contributed by atoms with Gasteiger partial charge in [-0.3, -0.25) is 4.79 Å². The van der Waals surface area contributed by atoms with Crippen LogP contribution in [0, 0.1) is 0 Å². The normalized spacial score (nSPS) is 15.5. The van der Waals surface area contributed by atoms with Gasteiger partial charge >= 0.3 is 6.18 Å². The van der Waals surface area contributed by atoms with E-state index in [0.717, 1.165) is 25.0 Å². The van der Waals surface area contributed by atoms with E-state index in [0.29, 0.717) is 11.9 Å². The minimum absolute atomic E-state index is 0.0964. The topological polar surface area (TPSA) is 66.9 Å². The van der Waals surface area contributed by atoms with Crippen LogP contribution < -0.4 is 10.6 Å². The number of nitrogens with zero attached hydrogens (tertiary/aromatic N) is 2. The lowest BCUT2D eigenvalue weighted by Crippen LogP contribution is -2.23. The largest absolute Gasteiger partial charge is 0.416 e. The lowest BCUT2D eigenvalue weighted by Gasteiger charge is -2.23. The summed E-state index contributed by atoms with van der Waals surface area (Å²) >= 11 is 0. The molecule has 2 N–H and O–H groups in total. The van der Waals surface area contributed by atoms with Crippen molar-refractivity contribution < 1.29 is 18.0 Å². The Bertz CT molecular complexity index is 739. The van der Waals surface area contributed by atoms with E-state index in [4.69, 9.17) is 0 Å². The molecule has 1 aliphatic rings. The van der Waals surface area contributed by atoms with Crippen LogP contribution in [0.5, 0.6) is 0 Å². The fraction of sp³-hybridized carbons (Fsp3) is 0.389. The second-order valence-corrected chi connectivity index (χ2v) is 6.30. The summed E-state index contributed by atoms with van der Waals surface area (Å²) in [5, 5.41) is 5.81. The van der Waals surface area contributed by atoms with Gasteiger partial charge in [-0.15, -0.1) is 0 Å². The van der Waals surface area contributed by atoms with E-state index in [1.54, 1.807) is 0 Å². The highest BCUT2D eigenvalue weighted by atomic mass is 19.4. The van der Waals surface area contributed by atoms with E-state index in [-0.39, 0.29) is 11.4 Å². The number of halogens is 3. The van der Waals surface area contributed by atoms with Crippen molar-refractivity contribution in [2.75, 3.05) is 10.6 Å². The molecule has 5 nitrogen and oxygen atoms in total. The molecule has 0 aliphatic heterocycles. The maximum absolute atomic E-state index is 12.5. The van der Waals surface area contributed by atoms with Crippen LogP contribution in [-0.2, 0) is 6.18 Å². The number of alkyl halides is 3. The highest BCUT2D eigenvalue weighted by Crippen LogP contribution is 2.29. The van der Waals surface area contributed by atoms with E-state index < -0.39 is 17.6 Å².